The molecule has 0 fully saturated rings. The van der Waals surface area contributed by atoms with E-state index in [0.717, 1.165) is 6.21 Å². The van der Waals surface area contributed by atoms with Gasteiger partial charge in [-0.2, -0.15) is 0 Å². The normalized spacial score (nSPS) is 10.7. The molecule has 9 heteroatoms. The topological polar surface area (TPSA) is 102 Å². The number of para-hydroxylation sites is 1. The summed E-state index contributed by atoms with van der Waals surface area (Å²) in [4.78, 5) is 28.5. The van der Waals surface area contributed by atoms with Crippen molar-refractivity contribution in [3.8, 4) is 5.69 Å². The summed E-state index contributed by atoms with van der Waals surface area (Å²) in [6, 6.07) is 8.78. The number of hydrogen-bond acceptors (Lipinski definition) is 5. The number of aliphatic imine (C=N–C) groups is 1. The monoisotopic (exact) mass is 362 g/mol. The van der Waals surface area contributed by atoms with Gasteiger partial charge in [-0.05, 0) is 19.1 Å². The van der Waals surface area contributed by atoms with Crippen LogP contribution in [0.4, 0.5) is 0 Å². The predicted molar refractivity (Wildman–Crippen MR) is 99.3 cm³/mol. The first-order valence-electron chi connectivity index (χ1n) is 6.91. The van der Waals surface area contributed by atoms with E-state index >= 15 is 0 Å². The van der Waals surface area contributed by atoms with Crippen molar-refractivity contribution in [3.05, 3.63) is 51.9 Å². The minimum atomic E-state index is -0.674. The van der Waals surface area contributed by atoms with E-state index in [1.807, 2.05) is 6.07 Å². The maximum atomic E-state index is 12.6. The Morgan fingerprint density at radius 3 is 2.62 bits per heavy atom. The molecule has 2 aromatic rings. The molecule has 7 nitrogen and oxygen atoms in total. The number of benzene rings is 1. The highest BCUT2D eigenvalue weighted by molar-refractivity contribution is 7.89. The molecule has 0 aliphatic rings. The lowest BCUT2D eigenvalue weighted by Crippen LogP contribution is -2.19. The second kappa shape index (κ2) is 7.75. The van der Waals surface area contributed by atoms with Gasteiger partial charge in [0.25, 0.3) is 5.56 Å². The Morgan fingerprint density at radius 2 is 2.04 bits per heavy atom. The van der Waals surface area contributed by atoms with E-state index in [2.05, 4.69) is 10.1 Å². The summed E-state index contributed by atoms with van der Waals surface area (Å²) in [5.74, 6) is -0.674. The van der Waals surface area contributed by atoms with Gasteiger partial charge in [0, 0.05) is 6.21 Å². The SMILES string of the molecule is CCOC(=O)c1[nH]n(-c2ccccc2)c(=O)c1C=NC(=S)C(N)=S. The highest BCUT2D eigenvalue weighted by Gasteiger charge is 2.20. The highest BCUT2D eigenvalue weighted by atomic mass is 32.1. The highest BCUT2D eigenvalue weighted by Crippen LogP contribution is 2.08. The average molecular weight is 362 g/mol. The molecule has 0 saturated carbocycles. The second-order valence-corrected chi connectivity index (χ2v) is 5.35. The Kier molecular flexibility index (Phi) is 5.72. The quantitative estimate of drug-likeness (QED) is 0.484. The molecule has 0 aliphatic carbocycles. The van der Waals surface area contributed by atoms with Crippen LogP contribution >= 0.6 is 24.4 Å². The van der Waals surface area contributed by atoms with E-state index in [9.17, 15) is 9.59 Å². The standard InChI is InChI=1S/C15H14N4O3S2/c1-2-22-15(21)11-10(8-17-13(24)12(16)23)14(20)19(18-11)9-6-4-3-5-7-9/h3-8,18H,2H2,1H3,(H2,16,23). The molecule has 124 valence electrons. The molecule has 0 saturated heterocycles. The summed E-state index contributed by atoms with van der Waals surface area (Å²) in [7, 11) is 0. The molecule has 0 spiro atoms. The summed E-state index contributed by atoms with van der Waals surface area (Å²) < 4.78 is 6.18. The second-order valence-electron chi connectivity index (χ2n) is 4.52. The molecule has 24 heavy (non-hydrogen) atoms. The van der Waals surface area contributed by atoms with Crippen molar-refractivity contribution >= 4 is 46.6 Å². The number of carbonyl (C=O) groups excluding carboxylic acids is 1. The average Bonchev–Trinajstić information content (AvgIpc) is 2.90. The number of nitrogens with two attached hydrogens (primary N) is 1. The number of aromatic amines is 1. The number of H-pyrrole nitrogens is 1. The molecule has 2 rings (SSSR count). The van der Waals surface area contributed by atoms with Gasteiger partial charge < -0.3 is 10.5 Å². The number of esters is 1. The van der Waals surface area contributed by atoms with Gasteiger partial charge in [0.05, 0.1) is 17.9 Å². The third kappa shape index (κ3) is 3.81. The van der Waals surface area contributed by atoms with Crippen LogP contribution in [-0.2, 0) is 4.74 Å². The number of nitrogens with zero attached hydrogens (tertiary/aromatic N) is 2. The van der Waals surface area contributed by atoms with Crippen LogP contribution in [-0.4, -0.2) is 38.5 Å². The van der Waals surface area contributed by atoms with Gasteiger partial charge >= 0.3 is 5.97 Å². The van der Waals surface area contributed by atoms with E-state index in [0.29, 0.717) is 5.69 Å². The molecule has 0 radical (unpaired) electrons. The first-order chi connectivity index (χ1) is 11.5. The van der Waals surface area contributed by atoms with Gasteiger partial charge in [0.2, 0.25) is 0 Å². The third-order valence-corrected chi connectivity index (χ3v) is 3.59. The fraction of sp³-hybridized carbons (Fsp3) is 0.133. The zero-order valence-corrected chi connectivity index (χ0v) is 14.3. The summed E-state index contributed by atoms with van der Waals surface area (Å²) in [6.07, 6.45) is 1.16. The number of rotatable bonds is 4. The molecule has 0 amide bonds. The lowest BCUT2D eigenvalue weighted by Gasteiger charge is -2.01. The van der Waals surface area contributed by atoms with E-state index in [-0.39, 0.29) is 27.8 Å². The number of ether oxygens (including phenoxy) is 1. The van der Waals surface area contributed by atoms with Crippen LogP contribution in [0.15, 0.2) is 40.1 Å². The third-order valence-electron chi connectivity index (χ3n) is 2.94. The smallest absolute Gasteiger partial charge is 0.357 e. The molecule has 3 N–H and O–H groups in total. The van der Waals surface area contributed by atoms with Crippen molar-refractivity contribution in [2.24, 2.45) is 10.7 Å². The van der Waals surface area contributed by atoms with Gasteiger partial charge in [0.15, 0.2) is 10.7 Å². The van der Waals surface area contributed by atoms with Crippen LogP contribution in [0, 0.1) is 0 Å². The van der Waals surface area contributed by atoms with E-state index < -0.39 is 11.5 Å². The van der Waals surface area contributed by atoms with Crippen LogP contribution in [0.1, 0.15) is 23.0 Å². The van der Waals surface area contributed by atoms with Crippen molar-refractivity contribution < 1.29 is 9.53 Å². The Hall–Kier alpha value is -2.65. The van der Waals surface area contributed by atoms with Gasteiger partial charge in [-0.3, -0.25) is 9.89 Å². The lowest BCUT2D eigenvalue weighted by atomic mass is 10.2. The molecule has 0 unspecified atom stereocenters. The largest absolute Gasteiger partial charge is 0.461 e. The molecule has 1 aromatic heterocycles. The summed E-state index contributed by atoms with van der Waals surface area (Å²) in [6.45, 7) is 1.83. The van der Waals surface area contributed by atoms with Crippen LogP contribution in [0.5, 0.6) is 0 Å². The number of aromatic nitrogens is 2. The first-order valence-corrected chi connectivity index (χ1v) is 7.72. The lowest BCUT2D eigenvalue weighted by molar-refractivity contribution is 0.0519. The molecule has 0 bridgehead atoms. The Bertz CT molecular complexity index is 869. The zero-order valence-electron chi connectivity index (χ0n) is 12.7. The summed E-state index contributed by atoms with van der Waals surface area (Å²) >= 11 is 9.60. The van der Waals surface area contributed by atoms with Crippen LogP contribution < -0.4 is 11.3 Å². The van der Waals surface area contributed by atoms with Crippen molar-refractivity contribution in [2.45, 2.75) is 6.92 Å². The minimum Gasteiger partial charge on any atom is -0.461 e. The number of hydrogen-bond donors (Lipinski definition) is 2. The molecular weight excluding hydrogens is 348 g/mol. The number of thiocarbonyl (C=S) groups is 2. The molecular formula is C15H14N4O3S2. The van der Waals surface area contributed by atoms with Gasteiger partial charge in [0.1, 0.15) is 4.99 Å². The fourth-order valence-electron chi connectivity index (χ4n) is 1.87. The van der Waals surface area contributed by atoms with Gasteiger partial charge in [-0.15, -0.1) is 0 Å². The number of carbonyl (C=O) groups is 1. The maximum Gasteiger partial charge on any atom is 0.357 e. The molecule has 1 heterocycles. The van der Waals surface area contributed by atoms with Crippen molar-refractivity contribution in [2.75, 3.05) is 6.61 Å². The predicted octanol–water partition coefficient (Wildman–Crippen LogP) is 1.37. The maximum absolute atomic E-state index is 12.6. The number of nitrogens with one attached hydrogen (secondary N) is 1. The summed E-state index contributed by atoms with van der Waals surface area (Å²) in [5, 5.41) is 2.73. The van der Waals surface area contributed by atoms with Gasteiger partial charge in [-0.25, -0.2) is 14.5 Å². The van der Waals surface area contributed by atoms with E-state index in [1.54, 1.807) is 31.2 Å². The van der Waals surface area contributed by atoms with Gasteiger partial charge in [-0.1, -0.05) is 42.6 Å². The minimum absolute atomic E-state index is 0.0101. The van der Waals surface area contributed by atoms with Crippen molar-refractivity contribution in [1.82, 2.24) is 9.78 Å². The zero-order chi connectivity index (χ0) is 17.7. The summed E-state index contributed by atoms with van der Waals surface area (Å²) in [5.41, 5.74) is 5.44. The van der Waals surface area contributed by atoms with E-state index in [4.69, 9.17) is 34.9 Å². The first kappa shape index (κ1) is 17.7. The fourth-order valence-corrected chi connectivity index (χ4v) is 1.98. The van der Waals surface area contributed by atoms with Crippen LogP contribution in [0.25, 0.3) is 5.69 Å². The Balaban J connectivity index is 2.56. The molecule has 1 aromatic carbocycles. The van der Waals surface area contributed by atoms with Crippen molar-refractivity contribution in [1.29, 1.82) is 0 Å². The van der Waals surface area contributed by atoms with Crippen LogP contribution in [0.2, 0.25) is 0 Å². The molecule has 0 atom stereocenters. The Morgan fingerprint density at radius 1 is 1.38 bits per heavy atom. The van der Waals surface area contributed by atoms with Crippen molar-refractivity contribution in [3.63, 3.8) is 0 Å². The Labute approximate surface area is 148 Å². The van der Waals surface area contributed by atoms with Crippen LogP contribution in [0.3, 0.4) is 0 Å². The molecule has 0 aliphatic heterocycles. The van der Waals surface area contributed by atoms with E-state index in [1.165, 1.54) is 4.68 Å².